The third-order valence-electron chi connectivity index (χ3n) is 5.72. The Balaban J connectivity index is 1.50. The Morgan fingerprint density at radius 1 is 1.05 bits per heavy atom. The molecule has 2 nitrogen and oxygen atoms in total. The Bertz CT molecular complexity index is 258. The van der Waals surface area contributed by atoms with Gasteiger partial charge in [-0.2, -0.15) is 0 Å². The van der Waals surface area contributed by atoms with E-state index in [1.807, 2.05) is 7.11 Å². The highest BCUT2D eigenvalue weighted by atomic mass is 16.5. The van der Waals surface area contributed by atoms with Crippen molar-refractivity contribution in [1.82, 2.24) is 4.90 Å². The average molecular weight is 281 g/mol. The van der Waals surface area contributed by atoms with Crippen LogP contribution in [0.3, 0.4) is 0 Å². The maximum absolute atomic E-state index is 5.46. The van der Waals surface area contributed by atoms with Crippen molar-refractivity contribution in [2.24, 2.45) is 17.8 Å². The zero-order valence-corrected chi connectivity index (χ0v) is 13.9. The van der Waals surface area contributed by atoms with Crippen LogP contribution in [-0.4, -0.2) is 37.7 Å². The lowest BCUT2D eigenvalue weighted by Gasteiger charge is -2.27. The Labute approximate surface area is 126 Å². The van der Waals surface area contributed by atoms with Crippen LogP contribution in [0, 0.1) is 17.8 Å². The van der Waals surface area contributed by atoms with Gasteiger partial charge in [-0.15, -0.1) is 0 Å². The van der Waals surface area contributed by atoms with Crippen molar-refractivity contribution in [3.05, 3.63) is 0 Å². The normalized spacial score (nSPS) is 32.1. The molecule has 0 amide bonds. The zero-order chi connectivity index (χ0) is 14.4. The third kappa shape index (κ3) is 5.04. The second kappa shape index (κ2) is 8.38. The monoisotopic (exact) mass is 281 g/mol. The van der Waals surface area contributed by atoms with Gasteiger partial charge in [-0.3, -0.25) is 0 Å². The van der Waals surface area contributed by atoms with Gasteiger partial charge in [0.05, 0.1) is 6.10 Å². The minimum atomic E-state index is 0.559. The van der Waals surface area contributed by atoms with Crippen LogP contribution >= 0.6 is 0 Å². The number of unbranched alkanes of at least 4 members (excludes halogenated alkanes) is 1. The van der Waals surface area contributed by atoms with Crippen LogP contribution in [0.15, 0.2) is 0 Å². The predicted octanol–water partition coefficient (Wildman–Crippen LogP) is 4.34. The summed E-state index contributed by atoms with van der Waals surface area (Å²) in [6.45, 7) is 8.81. The molecule has 1 saturated carbocycles. The molecule has 1 atom stereocenters. The maximum Gasteiger partial charge on any atom is 0.0571 e. The molecule has 1 saturated heterocycles. The summed E-state index contributed by atoms with van der Waals surface area (Å²) in [5, 5.41) is 0. The van der Waals surface area contributed by atoms with Gasteiger partial charge in [-0.05, 0) is 69.4 Å². The van der Waals surface area contributed by atoms with E-state index in [0.717, 1.165) is 17.8 Å². The first-order valence-corrected chi connectivity index (χ1v) is 8.94. The number of nitrogens with zero attached hydrogens (tertiary/aromatic N) is 1. The number of hydrogen-bond donors (Lipinski definition) is 0. The van der Waals surface area contributed by atoms with E-state index >= 15 is 0 Å². The van der Waals surface area contributed by atoms with Crippen LogP contribution in [0.5, 0.6) is 0 Å². The summed E-state index contributed by atoms with van der Waals surface area (Å²) in [5.74, 6) is 2.82. The fourth-order valence-electron chi connectivity index (χ4n) is 4.03. The first-order valence-electron chi connectivity index (χ1n) is 8.94. The molecular weight excluding hydrogens is 246 g/mol. The van der Waals surface area contributed by atoms with Crippen molar-refractivity contribution in [2.75, 3.05) is 26.7 Å². The van der Waals surface area contributed by atoms with Gasteiger partial charge >= 0.3 is 0 Å². The first-order chi connectivity index (χ1) is 9.69. The lowest BCUT2D eigenvalue weighted by molar-refractivity contribution is 0.0551. The summed E-state index contributed by atoms with van der Waals surface area (Å²) in [7, 11) is 1.87. The molecule has 118 valence electrons. The van der Waals surface area contributed by atoms with E-state index in [9.17, 15) is 0 Å². The van der Waals surface area contributed by atoms with Crippen LogP contribution in [0.1, 0.15) is 65.2 Å². The topological polar surface area (TPSA) is 12.5 Å². The van der Waals surface area contributed by atoms with Crippen LogP contribution < -0.4 is 0 Å². The largest absolute Gasteiger partial charge is 0.381 e. The highest BCUT2D eigenvalue weighted by molar-refractivity contribution is 4.78. The zero-order valence-electron chi connectivity index (χ0n) is 13.9. The molecule has 0 aromatic carbocycles. The van der Waals surface area contributed by atoms with Crippen molar-refractivity contribution in [3.8, 4) is 0 Å². The fourth-order valence-corrected chi connectivity index (χ4v) is 4.03. The van der Waals surface area contributed by atoms with Crippen LogP contribution in [0.4, 0.5) is 0 Å². The van der Waals surface area contributed by atoms with Crippen LogP contribution in [0.25, 0.3) is 0 Å². The van der Waals surface area contributed by atoms with Gasteiger partial charge in [0.15, 0.2) is 0 Å². The van der Waals surface area contributed by atoms with Gasteiger partial charge in [-0.25, -0.2) is 0 Å². The molecule has 0 N–H and O–H groups in total. The quantitative estimate of drug-likeness (QED) is 0.644. The van der Waals surface area contributed by atoms with Gasteiger partial charge in [0.1, 0.15) is 0 Å². The van der Waals surface area contributed by atoms with Crippen molar-refractivity contribution in [2.45, 2.75) is 71.3 Å². The summed E-state index contributed by atoms with van der Waals surface area (Å²) in [5.41, 5.74) is 0. The average Bonchev–Trinajstić information content (AvgIpc) is 2.93. The maximum atomic E-state index is 5.46. The molecule has 0 aromatic rings. The van der Waals surface area contributed by atoms with Gasteiger partial charge in [0, 0.05) is 13.7 Å². The Kier molecular flexibility index (Phi) is 6.83. The Morgan fingerprint density at radius 3 is 2.40 bits per heavy atom. The molecule has 1 aliphatic heterocycles. The standard InChI is InChI=1S/C18H35NO/c1-15(2)17-11-13-19(14-17)12-5-4-6-16-7-9-18(20-3)10-8-16/h15-18H,4-14H2,1-3H3. The van der Waals surface area contributed by atoms with E-state index in [1.54, 1.807) is 0 Å². The number of rotatable bonds is 7. The smallest absolute Gasteiger partial charge is 0.0571 e. The van der Waals surface area contributed by atoms with Gasteiger partial charge in [-0.1, -0.05) is 26.7 Å². The van der Waals surface area contributed by atoms with Crippen molar-refractivity contribution in [3.63, 3.8) is 0 Å². The third-order valence-corrected chi connectivity index (χ3v) is 5.72. The number of ether oxygens (including phenoxy) is 1. The molecule has 2 rings (SSSR count). The summed E-state index contributed by atoms with van der Waals surface area (Å²) in [6.07, 6.45) is 11.7. The summed E-state index contributed by atoms with van der Waals surface area (Å²) in [4.78, 5) is 2.70. The molecule has 2 aliphatic rings. The summed E-state index contributed by atoms with van der Waals surface area (Å²) < 4.78 is 5.46. The molecule has 0 bridgehead atoms. The molecular formula is C18H35NO. The second-order valence-corrected chi connectivity index (χ2v) is 7.47. The highest BCUT2D eigenvalue weighted by Gasteiger charge is 2.24. The summed E-state index contributed by atoms with van der Waals surface area (Å²) in [6, 6.07) is 0. The van der Waals surface area contributed by atoms with E-state index in [1.165, 1.54) is 71.0 Å². The number of methoxy groups -OCH3 is 1. The molecule has 1 unspecified atom stereocenters. The molecule has 1 heterocycles. The van der Waals surface area contributed by atoms with Crippen LogP contribution in [-0.2, 0) is 4.74 Å². The van der Waals surface area contributed by atoms with E-state index < -0.39 is 0 Å². The minimum Gasteiger partial charge on any atom is -0.381 e. The second-order valence-electron chi connectivity index (χ2n) is 7.47. The van der Waals surface area contributed by atoms with Gasteiger partial charge in [0.2, 0.25) is 0 Å². The van der Waals surface area contributed by atoms with Crippen molar-refractivity contribution >= 4 is 0 Å². The number of likely N-dealkylation sites (tertiary alicyclic amines) is 1. The van der Waals surface area contributed by atoms with Crippen LogP contribution in [0.2, 0.25) is 0 Å². The molecule has 0 spiro atoms. The van der Waals surface area contributed by atoms with E-state index in [4.69, 9.17) is 4.74 Å². The minimum absolute atomic E-state index is 0.559. The number of hydrogen-bond acceptors (Lipinski definition) is 2. The van der Waals surface area contributed by atoms with Gasteiger partial charge < -0.3 is 9.64 Å². The molecule has 1 aliphatic carbocycles. The SMILES string of the molecule is COC1CCC(CCCCN2CCC(C(C)C)C2)CC1. The molecule has 0 aromatic heterocycles. The first kappa shape index (κ1) is 16.3. The predicted molar refractivity (Wildman–Crippen MR) is 86.0 cm³/mol. The molecule has 0 radical (unpaired) electrons. The summed E-state index contributed by atoms with van der Waals surface area (Å²) >= 11 is 0. The van der Waals surface area contributed by atoms with Crippen molar-refractivity contribution in [1.29, 1.82) is 0 Å². The Hall–Kier alpha value is -0.0800. The molecule has 2 heteroatoms. The highest BCUT2D eigenvalue weighted by Crippen LogP contribution is 2.30. The lowest BCUT2D eigenvalue weighted by Crippen LogP contribution is -2.23. The van der Waals surface area contributed by atoms with E-state index in [2.05, 4.69) is 18.7 Å². The van der Waals surface area contributed by atoms with Gasteiger partial charge in [0.25, 0.3) is 0 Å². The molecule has 20 heavy (non-hydrogen) atoms. The lowest BCUT2D eigenvalue weighted by atomic mass is 9.84. The molecule has 2 fully saturated rings. The van der Waals surface area contributed by atoms with Crippen molar-refractivity contribution < 1.29 is 4.74 Å². The van der Waals surface area contributed by atoms with E-state index in [0.29, 0.717) is 6.10 Å². The fraction of sp³-hybridized carbons (Fsp3) is 1.00. The van der Waals surface area contributed by atoms with E-state index in [-0.39, 0.29) is 0 Å². The Morgan fingerprint density at radius 2 is 1.80 bits per heavy atom.